The molecule has 1 radical (unpaired) electrons. The Morgan fingerprint density at radius 1 is 1.38 bits per heavy atom. The Hall–Kier alpha value is -0.720. The Bertz CT molecular complexity index is 481. The Morgan fingerprint density at radius 2 is 1.88 bits per heavy atom. The van der Waals surface area contributed by atoms with Crippen LogP contribution in [0, 0.1) is 0 Å². The molecule has 0 saturated heterocycles. The molecule has 87 valence electrons. The van der Waals surface area contributed by atoms with E-state index in [2.05, 4.69) is 15.9 Å². The lowest BCUT2D eigenvalue weighted by molar-refractivity contribution is 0.0985. The molecule has 1 aromatic carbocycles. The Labute approximate surface area is 103 Å². The zero-order chi connectivity index (χ0) is 12.3. The van der Waals surface area contributed by atoms with E-state index in [1.54, 1.807) is 31.2 Å². The van der Waals surface area contributed by atoms with Crippen molar-refractivity contribution in [3.05, 3.63) is 34.3 Å². The number of benzene rings is 1. The summed E-state index contributed by atoms with van der Waals surface area (Å²) in [7, 11) is -4.08. The number of ketones is 1. The van der Waals surface area contributed by atoms with E-state index in [4.69, 9.17) is 5.14 Å². The molecular formula is C10H11BrNO3S. The average Bonchev–Trinajstić information content (AvgIpc) is 2.17. The van der Waals surface area contributed by atoms with Crippen molar-refractivity contribution in [3.63, 3.8) is 0 Å². The molecule has 0 aliphatic rings. The van der Waals surface area contributed by atoms with E-state index >= 15 is 0 Å². The van der Waals surface area contributed by atoms with Crippen LogP contribution in [0.2, 0.25) is 0 Å². The minimum Gasteiger partial charge on any atom is -0.293 e. The van der Waals surface area contributed by atoms with E-state index in [9.17, 15) is 13.2 Å². The third kappa shape index (κ3) is 3.13. The first-order chi connectivity index (χ1) is 7.36. The molecule has 0 bridgehead atoms. The zero-order valence-electron chi connectivity index (χ0n) is 8.60. The fourth-order valence-electron chi connectivity index (χ4n) is 1.35. The molecule has 1 N–H and O–H groups in total. The van der Waals surface area contributed by atoms with Crippen molar-refractivity contribution < 1.29 is 13.2 Å². The molecule has 16 heavy (non-hydrogen) atoms. The van der Waals surface area contributed by atoms with E-state index in [1.165, 1.54) is 0 Å². The monoisotopic (exact) mass is 304 g/mol. The smallest absolute Gasteiger partial charge is 0.235 e. The summed E-state index contributed by atoms with van der Waals surface area (Å²) < 4.78 is 23.0. The van der Waals surface area contributed by atoms with Gasteiger partial charge in [0.15, 0.2) is 5.78 Å². The maximum absolute atomic E-state index is 11.8. The zero-order valence-corrected chi connectivity index (χ0v) is 11.0. The number of carbonyl (C=O) groups excluding carboxylic acids is 1. The van der Waals surface area contributed by atoms with Crippen LogP contribution in [0.25, 0.3) is 0 Å². The lowest BCUT2D eigenvalue weighted by Gasteiger charge is -2.10. The maximum atomic E-state index is 11.8. The average molecular weight is 305 g/mol. The Kier molecular flexibility index (Phi) is 4.23. The predicted molar refractivity (Wildman–Crippen MR) is 64.6 cm³/mol. The number of sulfonamides is 1. The number of halogens is 1. The van der Waals surface area contributed by atoms with Gasteiger partial charge in [-0.15, -0.1) is 5.14 Å². The van der Waals surface area contributed by atoms with Crippen molar-refractivity contribution in [2.45, 2.75) is 18.6 Å². The molecule has 0 aliphatic heterocycles. The van der Waals surface area contributed by atoms with Crippen LogP contribution in [0.3, 0.4) is 0 Å². The van der Waals surface area contributed by atoms with Gasteiger partial charge in [-0.2, -0.15) is 0 Å². The quantitative estimate of drug-likeness (QED) is 0.799. The van der Waals surface area contributed by atoms with Crippen LogP contribution in [0.1, 0.15) is 23.7 Å². The van der Waals surface area contributed by atoms with E-state index < -0.39 is 21.1 Å². The lowest BCUT2D eigenvalue weighted by atomic mass is 10.1. The standard InChI is InChI=1S/C10H11BrNO3S/c1-2-9(16(12,14)15)10(13)7-3-5-8(11)6-4-7/h3-6,9,12H,2H2,1H3. The third-order valence-corrected chi connectivity index (χ3v) is 3.99. The minimum atomic E-state index is -4.08. The summed E-state index contributed by atoms with van der Waals surface area (Å²) in [6.07, 6.45) is 0.112. The van der Waals surface area contributed by atoms with E-state index in [-0.39, 0.29) is 6.42 Å². The van der Waals surface area contributed by atoms with Gasteiger partial charge in [-0.3, -0.25) is 4.79 Å². The summed E-state index contributed by atoms with van der Waals surface area (Å²) in [4.78, 5) is 11.8. The molecule has 1 unspecified atom stereocenters. The molecule has 6 heteroatoms. The van der Waals surface area contributed by atoms with Gasteiger partial charge in [0.1, 0.15) is 5.25 Å². The van der Waals surface area contributed by atoms with Gasteiger partial charge in [-0.1, -0.05) is 35.0 Å². The molecule has 1 atom stereocenters. The minimum absolute atomic E-state index is 0.112. The fraction of sp³-hybridized carbons (Fsp3) is 0.300. The molecular weight excluding hydrogens is 294 g/mol. The van der Waals surface area contributed by atoms with Gasteiger partial charge in [0.05, 0.1) is 0 Å². The van der Waals surface area contributed by atoms with Gasteiger partial charge >= 0.3 is 0 Å². The van der Waals surface area contributed by atoms with Crippen LogP contribution in [-0.4, -0.2) is 19.5 Å². The van der Waals surface area contributed by atoms with Gasteiger partial charge in [0.25, 0.3) is 0 Å². The molecule has 0 spiro atoms. The third-order valence-electron chi connectivity index (χ3n) is 2.17. The number of rotatable bonds is 4. The number of carbonyl (C=O) groups is 1. The van der Waals surface area contributed by atoms with Crippen molar-refractivity contribution in [3.8, 4) is 0 Å². The summed E-state index contributed by atoms with van der Waals surface area (Å²) in [6, 6.07) is 6.41. The van der Waals surface area contributed by atoms with Crippen molar-refractivity contribution in [2.24, 2.45) is 0 Å². The van der Waals surface area contributed by atoms with Crippen molar-refractivity contribution in [1.29, 1.82) is 0 Å². The molecule has 0 aromatic heterocycles. The number of hydrogen-bond acceptors (Lipinski definition) is 3. The molecule has 4 nitrogen and oxygen atoms in total. The molecule has 0 aliphatic carbocycles. The highest BCUT2D eigenvalue weighted by Crippen LogP contribution is 2.15. The van der Waals surface area contributed by atoms with Crippen molar-refractivity contribution in [2.75, 3.05) is 0 Å². The second kappa shape index (κ2) is 5.07. The fourth-order valence-corrected chi connectivity index (χ4v) is 2.47. The SMILES string of the molecule is CCC(C(=O)c1ccc(Br)cc1)S([NH])(=O)=O. The molecule has 1 rings (SSSR count). The number of hydrogen-bond donors (Lipinski definition) is 0. The van der Waals surface area contributed by atoms with Gasteiger partial charge < -0.3 is 0 Å². The molecule has 0 saturated carbocycles. The van der Waals surface area contributed by atoms with Crippen LogP contribution in [0.5, 0.6) is 0 Å². The molecule has 0 heterocycles. The second-order valence-electron chi connectivity index (χ2n) is 3.31. The van der Waals surface area contributed by atoms with Crippen molar-refractivity contribution >= 4 is 31.7 Å². The first-order valence-electron chi connectivity index (χ1n) is 4.64. The van der Waals surface area contributed by atoms with Crippen LogP contribution in [-0.2, 0) is 10.0 Å². The topological polar surface area (TPSA) is 75.0 Å². The van der Waals surface area contributed by atoms with Crippen LogP contribution in [0.4, 0.5) is 0 Å². The highest BCUT2D eigenvalue weighted by molar-refractivity contribution is 9.10. The van der Waals surface area contributed by atoms with Crippen LogP contribution >= 0.6 is 15.9 Å². The largest absolute Gasteiger partial charge is 0.293 e. The van der Waals surface area contributed by atoms with E-state index in [1.807, 2.05) is 0 Å². The normalized spacial score (nSPS) is 13.4. The van der Waals surface area contributed by atoms with E-state index in [0.29, 0.717) is 5.56 Å². The van der Waals surface area contributed by atoms with Crippen molar-refractivity contribution in [1.82, 2.24) is 5.14 Å². The predicted octanol–water partition coefficient (Wildman–Crippen LogP) is 2.02. The summed E-state index contributed by atoms with van der Waals surface area (Å²) in [5.74, 6) is -0.523. The molecule has 0 amide bonds. The summed E-state index contributed by atoms with van der Waals surface area (Å²) in [6.45, 7) is 1.58. The summed E-state index contributed by atoms with van der Waals surface area (Å²) >= 11 is 3.22. The van der Waals surface area contributed by atoms with E-state index in [0.717, 1.165) is 4.47 Å². The second-order valence-corrected chi connectivity index (χ2v) is 5.89. The summed E-state index contributed by atoms with van der Waals surface area (Å²) in [5.41, 5.74) is 0.311. The Morgan fingerprint density at radius 3 is 2.25 bits per heavy atom. The first kappa shape index (κ1) is 13.3. The molecule has 1 aromatic rings. The van der Waals surface area contributed by atoms with Crippen LogP contribution < -0.4 is 5.14 Å². The Balaban J connectivity index is 3.06. The van der Waals surface area contributed by atoms with Crippen LogP contribution in [0.15, 0.2) is 28.7 Å². The number of Topliss-reactive ketones (excluding diaryl/α,β-unsaturated/α-hetero) is 1. The number of nitrogens with one attached hydrogen (secondary N) is 1. The summed E-state index contributed by atoms with van der Waals surface area (Å²) in [5, 5.41) is 5.68. The highest BCUT2D eigenvalue weighted by atomic mass is 79.9. The first-order valence-corrected chi connectivity index (χ1v) is 6.98. The highest BCUT2D eigenvalue weighted by Gasteiger charge is 2.28. The van der Waals surface area contributed by atoms with Gasteiger partial charge in [0, 0.05) is 10.0 Å². The van der Waals surface area contributed by atoms with Gasteiger partial charge in [-0.25, -0.2) is 8.42 Å². The molecule has 0 fully saturated rings. The maximum Gasteiger partial charge on any atom is 0.235 e. The van der Waals surface area contributed by atoms with Gasteiger partial charge in [-0.05, 0) is 18.6 Å². The lowest BCUT2D eigenvalue weighted by Crippen LogP contribution is -2.30. The van der Waals surface area contributed by atoms with Gasteiger partial charge in [0.2, 0.25) is 10.0 Å².